The highest BCUT2D eigenvalue weighted by Gasteiger charge is 2.34. The molecule has 0 radical (unpaired) electrons. The maximum Gasteiger partial charge on any atom is 0.288 e. The zero-order chi connectivity index (χ0) is 20.7. The minimum absolute atomic E-state index is 0.345. The third-order valence-corrected chi connectivity index (χ3v) is 5.02. The molecule has 2 aromatic heterocycles. The van der Waals surface area contributed by atoms with Crippen LogP contribution in [-0.4, -0.2) is 44.6 Å². The maximum absolute atomic E-state index is 12.7. The van der Waals surface area contributed by atoms with E-state index in [9.17, 15) is 4.79 Å². The van der Waals surface area contributed by atoms with Crippen LogP contribution in [0.5, 0.6) is 11.5 Å². The highest BCUT2D eigenvalue weighted by atomic mass is 16.5. The second-order valence-corrected chi connectivity index (χ2v) is 6.67. The number of methoxy groups -OCH3 is 2. The van der Waals surface area contributed by atoms with Gasteiger partial charge < -0.3 is 14.8 Å². The number of fused-ring (bicyclic) bond motifs is 2. The Hall–Kier alpha value is -4.21. The molecule has 0 saturated heterocycles. The van der Waals surface area contributed by atoms with Gasteiger partial charge in [0.15, 0.2) is 0 Å². The molecule has 4 aromatic rings. The monoisotopic (exact) mass is 403 g/mol. The van der Waals surface area contributed by atoms with Crippen molar-refractivity contribution in [2.75, 3.05) is 19.5 Å². The van der Waals surface area contributed by atoms with E-state index >= 15 is 0 Å². The molecule has 1 atom stereocenters. The van der Waals surface area contributed by atoms with E-state index < -0.39 is 6.04 Å². The maximum atomic E-state index is 12.7. The van der Waals surface area contributed by atoms with Crippen LogP contribution in [0.4, 0.5) is 11.6 Å². The Labute approximate surface area is 170 Å². The number of hydrogen-bond donors (Lipinski definition) is 2. The van der Waals surface area contributed by atoms with Crippen molar-refractivity contribution in [3.63, 3.8) is 0 Å². The van der Waals surface area contributed by atoms with Gasteiger partial charge in [-0.25, -0.2) is 5.10 Å². The number of anilines is 2. The summed E-state index contributed by atoms with van der Waals surface area (Å²) in [6.45, 7) is 0. The molecule has 3 heterocycles. The Balaban J connectivity index is 1.80. The summed E-state index contributed by atoms with van der Waals surface area (Å²) in [5.74, 6) is 1.73. The summed E-state index contributed by atoms with van der Waals surface area (Å²) in [6.07, 6.45) is 0. The van der Waals surface area contributed by atoms with Gasteiger partial charge in [0.1, 0.15) is 23.2 Å². The third-order valence-electron chi connectivity index (χ3n) is 5.02. The molecule has 0 amide bonds. The van der Waals surface area contributed by atoms with Crippen LogP contribution in [-0.2, 0) is 0 Å². The van der Waals surface area contributed by atoms with Crippen molar-refractivity contribution in [1.29, 1.82) is 0 Å². The number of aromatic nitrogens is 6. The average Bonchev–Trinajstić information content (AvgIpc) is 3.26. The van der Waals surface area contributed by atoms with Crippen LogP contribution in [0.1, 0.15) is 17.2 Å². The molecule has 0 fully saturated rings. The summed E-state index contributed by atoms with van der Waals surface area (Å²) >= 11 is 0. The van der Waals surface area contributed by atoms with Crippen LogP contribution in [0.15, 0.2) is 53.3 Å². The third kappa shape index (κ3) is 2.77. The second-order valence-electron chi connectivity index (χ2n) is 6.67. The van der Waals surface area contributed by atoms with Crippen molar-refractivity contribution in [3.05, 3.63) is 70.0 Å². The van der Waals surface area contributed by atoms with Crippen molar-refractivity contribution in [2.24, 2.45) is 0 Å². The minimum atomic E-state index is -0.489. The number of ether oxygens (including phenoxy) is 2. The Morgan fingerprint density at radius 1 is 1.03 bits per heavy atom. The lowest BCUT2D eigenvalue weighted by Crippen LogP contribution is -2.29. The largest absolute Gasteiger partial charge is 0.497 e. The van der Waals surface area contributed by atoms with Gasteiger partial charge in [0, 0.05) is 11.1 Å². The zero-order valence-corrected chi connectivity index (χ0v) is 16.2. The van der Waals surface area contributed by atoms with Gasteiger partial charge in [-0.15, -0.1) is 0 Å². The molecule has 5 rings (SSSR count). The van der Waals surface area contributed by atoms with Gasteiger partial charge in [0.05, 0.1) is 19.9 Å². The summed E-state index contributed by atoms with van der Waals surface area (Å²) in [7, 11) is 3.20. The van der Waals surface area contributed by atoms with E-state index in [-0.39, 0.29) is 5.56 Å². The number of hydrogen-bond acceptors (Lipinski definition) is 8. The topological polar surface area (TPSA) is 120 Å². The molecule has 0 spiro atoms. The minimum Gasteiger partial charge on any atom is -0.497 e. The van der Waals surface area contributed by atoms with Gasteiger partial charge in [-0.1, -0.05) is 29.4 Å². The number of tetrazole rings is 1. The first kappa shape index (κ1) is 17.9. The fourth-order valence-electron chi connectivity index (χ4n) is 3.65. The van der Waals surface area contributed by atoms with E-state index in [0.717, 1.165) is 11.1 Å². The van der Waals surface area contributed by atoms with Gasteiger partial charge in [0.2, 0.25) is 5.95 Å². The van der Waals surface area contributed by atoms with E-state index in [2.05, 4.69) is 31.0 Å². The van der Waals surface area contributed by atoms with Crippen LogP contribution in [0.3, 0.4) is 0 Å². The fourth-order valence-corrected chi connectivity index (χ4v) is 3.65. The van der Waals surface area contributed by atoms with E-state index in [1.165, 1.54) is 0 Å². The molecule has 0 saturated carbocycles. The van der Waals surface area contributed by atoms with Crippen molar-refractivity contribution in [2.45, 2.75) is 6.04 Å². The molecule has 30 heavy (non-hydrogen) atoms. The molecule has 0 bridgehead atoms. The lowest BCUT2D eigenvalue weighted by Gasteiger charge is -2.28. The lowest BCUT2D eigenvalue weighted by molar-refractivity contribution is 0.413. The SMILES string of the molecule is COc1cccc(-c2n[nH]c(=O)c3c2[C@H](c2cccc(OC)c2)n2nnnc2N3)c1. The van der Waals surface area contributed by atoms with Gasteiger partial charge >= 0.3 is 0 Å². The first-order chi connectivity index (χ1) is 14.7. The highest BCUT2D eigenvalue weighted by molar-refractivity contribution is 5.76. The molecule has 10 heteroatoms. The van der Waals surface area contributed by atoms with Gasteiger partial charge in [-0.2, -0.15) is 9.78 Å². The van der Waals surface area contributed by atoms with Crippen molar-refractivity contribution in [1.82, 2.24) is 30.4 Å². The summed E-state index contributed by atoms with van der Waals surface area (Å²) in [6, 6.07) is 14.5. The van der Waals surface area contributed by atoms with E-state index in [4.69, 9.17) is 9.47 Å². The summed E-state index contributed by atoms with van der Waals surface area (Å²) in [5, 5.41) is 21.9. The van der Waals surface area contributed by atoms with E-state index in [1.54, 1.807) is 18.9 Å². The van der Waals surface area contributed by atoms with Crippen molar-refractivity contribution < 1.29 is 9.47 Å². The number of nitrogens with zero attached hydrogens (tertiary/aromatic N) is 5. The predicted octanol–water partition coefficient (Wildman–Crippen LogP) is 2.14. The number of aromatic amines is 1. The summed E-state index contributed by atoms with van der Waals surface area (Å²) in [5.41, 5.74) is 2.86. The standard InChI is InChI=1S/C20H17N7O3/c1-29-13-7-3-5-11(9-13)16-15-17(19(28)23-22-16)21-20-24-25-26-27(20)18(15)12-6-4-8-14(10-12)30-2/h3-10,18H,1-2H3,(H,23,28)(H,21,24,26)/t18-/m0/s1. The zero-order valence-electron chi connectivity index (χ0n) is 16.2. The lowest BCUT2D eigenvalue weighted by atomic mass is 9.92. The Kier molecular flexibility index (Phi) is 4.16. The first-order valence-corrected chi connectivity index (χ1v) is 9.15. The highest BCUT2D eigenvalue weighted by Crippen LogP contribution is 2.41. The quantitative estimate of drug-likeness (QED) is 0.468. The molecule has 2 aromatic carbocycles. The van der Waals surface area contributed by atoms with Gasteiger partial charge in [-0.3, -0.25) is 4.79 Å². The van der Waals surface area contributed by atoms with Crippen LogP contribution in [0.25, 0.3) is 11.3 Å². The number of H-pyrrole nitrogens is 1. The smallest absolute Gasteiger partial charge is 0.288 e. The summed E-state index contributed by atoms with van der Waals surface area (Å²) < 4.78 is 12.4. The second kappa shape index (κ2) is 6.99. The average molecular weight is 403 g/mol. The molecule has 10 nitrogen and oxygen atoms in total. The molecule has 1 aliphatic rings. The van der Waals surface area contributed by atoms with E-state index in [1.807, 2.05) is 48.5 Å². The Morgan fingerprint density at radius 3 is 2.60 bits per heavy atom. The van der Waals surface area contributed by atoms with Crippen LogP contribution in [0.2, 0.25) is 0 Å². The van der Waals surface area contributed by atoms with Crippen LogP contribution in [0, 0.1) is 0 Å². The Morgan fingerprint density at radius 2 is 1.80 bits per heavy atom. The van der Waals surface area contributed by atoms with Gasteiger partial charge in [-0.05, 0) is 40.3 Å². The Bertz CT molecular complexity index is 1300. The number of nitrogens with one attached hydrogen (secondary N) is 2. The molecule has 0 unspecified atom stereocenters. The fraction of sp³-hybridized carbons (Fsp3) is 0.150. The molecule has 0 aliphatic carbocycles. The molecular formula is C20H17N7O3. The molecule has 2 N–H and O–H groups in total. The number of benzene rings is 2. The van der Waals surface area contributed by atoms with E-state index in [0.29, 0.717) is 34.4 Å². The predicted molar refractivity (Wildman–Crippen MR) is 108 cm³/mol. The van der Waals surface area contributed by atoms with Crippen LogP contribution >= 0.6 is 0 Å². The molecular weight excluding hydrogens is 386 g/mol. The van der Waals surface area contributed by atoms with Crippen LogP contribution < -0.4 is 20.3 Å². The summed E-state index contributed by atoms with van der Waals surface area (Å²) in [4.78, 5) is 12.7. The molecule has 150 valence electrons. The van der Waals surface area contributed by atoms with Crippen molar-refractivity contribution in [3.8, 4) is 22.8 Å². The van der Waals surface area contributed by atoms with Crippen molar-refractivity contribution >= 4 is 11.6 Å². The first-order valence-electron chi connectivity index (χ1n) is 9.15. The molecule has 1 aliphatic heterocycles. The number of rotatable bonds is 4. The van der Waals surface area contributed by atoms with Gasteiger partial charge in [0.25, 0.3) is 5.56 Å². The normalized spacial score (nSPS) is 14.4.